The Bertz CT molecular complexity index is 1480. The van der Waals surface area contributed by atoms with Crippen LogP contribution in [0.25, 0.3) is 22.0 Å². The average Bonchev–Trinajstić information content (AvgIpc) is 3.33. The number of nitrogen functional groups attached to an aromatic ring is 1. The zero-order chi connectivity index (χ0) is 27.7. The summed E-state index contributed by atoms with van der Waals surface area (Å²) in [6, 6.07) is 12.5. The van der Waals surface area contributed by atoms with Crippen molar-refractivity contribution in [2.45, 2.75) is 19.2 Å². The number of H-pyrrole nitrogens is 1. The number of nitrogens with zero attached hydrogens (tertiary/aromatic N) is 4. The minimum atomic E-state index is -4.55. The summed E-state index contributed by atoms with van der Waals surface area (Å²) in [5.74, 6) is -0.213. The van der Waals surface area contributed by atoms with Crippen molar-refractivity contribution in [1.82, 2.24) is 20.5 Å². The van der Waals surface area contributed by atoms with Crippen LogP contribution in [0.2, 0.25) is 0 Å². The molecule has 1 atom stereocenters. The highest BCUT2D eigenvalue weighted by molar-refractivity contribution is 6.01. The van der Waals surface area contributed by atoms with Gasteiger partial charge in [-0.3, -0.25) is 14.9 Å². The van der Waals surface area contributed by atoms with Crippen molar-refractivity contribution in [2.75, 3.05) is 48.8 Å². The number of hydrogen-bond donors (Lipinski definition) is 3. The van der Waals surface area contributed by atoms with E-state index >= 15 is 0 Å². The number of aromatic nitrogens is 3. The topological polar surface area (TPSA) is 112 Å². The van der Waals surface area contributed by atoms with Gasteiger partial charge in [0.15, 0.2) is 11.9 Å². The lowest BCUT2D eigenvalue weighted by Gasteiger charge is -2.38. The molecule has 2 aromatic carbocycles. The van der Waals surface area contributed by atoms with Crippen LogP contribution >= 0.6 is 0 Å². The number of hydrogen-bond acceptors (Lipinski definition) is 7. The third kappa shape index (κ3) is 5.27. The molecule has 0 unspecified atom stereocenters. The smallest absolute Gasteiger partial charge is 0.425 e. The molecule has 4 aromatic rings. The second-order valence-corrected chi connectivity index (χ2v) is 9.30. The predicted octanol–water partition coefficient (Wildman–Crippen LogP) is 4.22. The molecule has 0 spiro atoms. The van der Waals surface area contributed by atoms with Crippen LogP contribution in [-0.2, 0) is 0 Å². The molecule has 204 valence electrons. The normalized spacial score (nSPS) is 14.9. The van der Waals surface area contributed by atoms with E-state index in [4.69, 9.17) is 10.5 Å². The van der Waals surface area contributed by atoms with Crippen molar-refractivity contribution < 1.29 is 22.7 Å². The fourth-order valence-electron chi connectivity index (χ4n) is 4.71. The molecule has 9 nitrogen and oxygen atoms in total. The van der Waals surface area contributed by atoms with Gasteiger partial charge >= 0.3 is 6.18 Å². The fourth-order valence-corrected chi connectivity index (χ4v) is 4.71. The van der Waals surface area contributed by atoms with Gasteiger partial charge in [0, 0.05) is 39.4 Å². The number of ether oxygens (including phenoxy) is 1. The quantitative estimate of drug-likeness (QED) is 0.336. The molecule has 12 heteroatoms. The molecular weight excluding hydrogens is 511 g/mol. The van der Waals surface area contributed by atoms with Gasteiger partial charge in [-0.2, -0.15) is 18.3 Å². The largest absolute Gasteiger partial charge is 0.480 e. The third-order valence-electron chi connectivity index (χ3n) is 6.85. The third-order valence-corrected chi connectivity index (χ3v) is 6.85. The lowest BCUT2D eigenvalue weighted by molar-refractivity contribution is -0.188. The van der Waals surface area contributed by atoms with E-state index in [1.165, 1.54) is 6.07 Å². The summed E-state index contributed by atoms with van der Waals surface area (Å²) in [7, 11) is 1.57. The average molecular weight is 540 g/mol. The second-order valence-electron chi connectivity index (χ2n) is 9.30. The molecule has 0 saturated carbocycles. The minimum absolute atomic E-state index is 0.0272. The number of carbonyl (C=O) groups is 1. The van der Waals surface area contributed by atoms with Crippen molar-refractivity contribution in [3.63, 3.8) is 0 Å². The number of carbonyl (C=O) groups excluding carboxylic acids is 1. The lowest BCUT2D eigenvalue weighted by Crippen LogP contribution is -2.47. The van der Waals surface area contributed by atoms with Gasteiger partial charge in [-0.1, -0.05) is 6.07 Å². The molecular formula is C27H28F3N7O2. The van der Waals surface area contributed by atoms with E-state index in [9.17, 15) is 18.0 Å². The van der Waals surface area contributed by atoms with Crippen molar-refractivity contribution in [1.29, 1.82) is 0 Å². The van der Waals surface area contributed by atoms with Crippen molar-refractivity contribution in [3.8, 4) is 16.9 Å². The summed E-state index contributed by atoms with van der Waals surface area (Å²) in [5.41, 5.74) is 9.93. The highest BCUT2D eigenvalue weighted by Gasteiger charge is 2.38. The summed E-state index contributed by atoms with van der Waals surface area (Å²) in [6.45, 7) is 3.73. The molecule has 2 aromatic heterocycles. The Morgan fingerprint density at radius 3 is 2.51 bits per heavy atom. The summed E-state index contributed by atoms with van der Waals surface area (Å²) in [4.78, 5) is 21.3. The second kappa shape index (κ2) is 10.4. The molecule has 1 amide bonds. The molecule has 4 N–H and O–H groups in total. The molecule has 5 rings (SSSR count). The lowest BCUT2D eigenvalue weighted by atomic mass is 9.99. The van der Waals surface area contributed by atoms with E-state index in [1.807, 2.05) is 24.4 Å². The van der Waals surface area contributed by atoms with Crippen LogP contribution in [0.15, 0.2) is 54.9 Å². The minimum Gasteiger partial charge on any atom is -0.480 e. The summed E-state index contributed by atoms with van der Waals surface area (Å²) < 4.78 is 45.2. The van der Waals surface area contributed by atoms with Crippen LogP contribution in [0.4, 0.5) is 30.4 Å². The van der Waals surface area contributed by atoms with Crippen molar-refractivity contribution >= 4 is 34.0 Å². The van der Waals surface area contributed by atoms with Gasteiger partial charge in [-0.25, -0.2) is 0 Å². The Labute approximate surface area is 222 Å². The van der Waals surface area contributed by atoms with Crippen LogP contribution in [0.5, 0.6) is 5.75 Å². The monoisotopic (exact) mass is 539 g/mol. The highest BCUT2D eigenvalue weighted by atomic mass is 19.4. The molecule has 0 radical (unpaired) electrons. The highest BCUT2D eigenvalue weighted by Crippen LogP contribution is 2.38. The molecule has 39 heavy (non-hydrogen) atoms. The van der Waals surface area contributed by atoms with Crippen LogP contribution in [0.3, 0.4) is 0 Å². The number of fused-ring (bicyclic) bond motifs is 1. The van der Waals surface area contributed by atoms with Gasteiger partial charge in [0.2, 0.25) is 0 Å². The number of aromatic amines is 1. The van der Waals surface area contributed by atoms with Gasteiger partial charge < -0.3 is 25.6 Å². The van der Waals surface area contributed by atoms with Crippen LogP contribution in [0.1, 0.15) is 17.3 Å². The maximum atomic E-state index is 13.3. The van der Waals surface area contributed by atoms with Crippen LogP contribution < -0.4 is 25.6 Å². The number of rotatable bonds is 6. The van der Waals surface area contributed by atoms with Gasteiger partial charge in [0.1, 0.15) is 5.75 Å². The first-order valence-corrected chi connectivity index (χ1v) is 12.4. The Morgan fingerprint density at radius 2 is 1.85 bits per heavy atom. The van der Waals surface area contributed by atoms with Gasteiger partial charge in [0.25, 0.3) is 5.91 Å². The van der Waals surface area contributed by atoms with E-state index in [-0.39, 0.29) is 22.9 Å². The number of nitrogens with one attached hydrogen (secondary N) is 2. The number of piperazine rings is 1. The maximum absolute atomic E-state index is 13.3. The maximum Gasteiger partial charge on any atom is 0.425 e. The van der Waals surface area contributed by atoms with E-state index < -0.39 is 12.3 Å². The van der Waals surface area contributed by atoms with Gasteiger partial charge in [0.05, 0.1) is 34.0 Å². The standard InChI is InChI=1S/C27H28F3N7O2/c1-16(27(28,29)30)39-23-14-18(12-21-24(23)25(31)35-34-21)17-5-6-20(26(38)32-2)22(13-17)37-10-8-36(9-11-37)19-4-3-7-33-15-19/h3-7,12-16H,8-11H2,1-2H3,(H,32,38)(H3,31,34,35)/t16-/m1/s1. The van der Waals surface area contributed by atoms with Crippen LogP contribution in [-0.4, -0.2) is 66.6 Å². The Hall–Kier alpha value is -4.48. The fraction of sp³-hybridized carbons (Fsp3) is 0.296. The van der Waals surface area contributed by atoms with E-state index in [1.54, 1.807) is 31.4 Å². The van der Waals surface area contributed by atoms with E-state index in [2.05, 4.69) is 30.3 Å². The zero-order valence-electron chi connectivity index (χ0n) is 21.4. The van der Waals surface area contributed by atoms with Gasteiger partial charge in [-0.05, 0) is 54.4 Å². The molecule has 3 heterocycles. The molecule has 1 aliphatic rings. The summed E-state index contributed by atoms with van der Waals surface area (Å²) >= 11 is 0. The van der Waals surface area contributed by atoms with Crippen molar-refractivity contribution in [3.05, 3.63) is 60.4 Å². The number of alkyl halides is 3. The first-order chi connectivity index (χ1) is 18.7. The number of nitrogens with two attached hydrogens (primary N) is 1. The molecule has 1 aliphatic heterocycles. The predicted molar refractivity (Wildman–Crippen MR) is 144 cm³/mol. The Balaban J connectivity index is 1.51. The number of halogens is 3. The Kier molecular flexibility index (Phi) is 6.94. The first kappa shape index (κ1) is 26.1. The van der Waals surface area contributed by atoms with E-state index in [0.717, 1.165) is 31.4 Å². The zero-order valence-corrected chi connectivity index (χ0v) is 21.4. The first-order valence-electron chi connectivity index (χ1n) is 12.4. The number of anilines is 3. The molecule has 0 aliphatic carbocycles. The Morgan fingerprint density at radius 1 is 1.10 bits per heavy atom. The van der Waals surface area contributed by atoms with Crippen molar-refractivity contribution in [2.24, 2.45) is 0 Å². The molecule has 1 saturated heterocycles. The molecule has 0 bridgehead atoms. The van der Waals surface area contributed by atoms with Gasteiger partial charge in [-0.15, -0.1) is 0 Å². The number of amides is 1. The van der Waals surface area contributed by atoms with E-state index in [0.29, 0.717) is 35.3 Å². The summed E-state index contributed by atoms with van der Waals surface area (Å²) in [5, 5.41) is 9.69. The number of pyridine rings is 1. The SMILES string of the molecule is CNC(=O)c1ccc(-c2cc(O[C@H](C)C(F)(F)F)c3c(N)n[nH]c3c2)cc1N1CCN(c2cccnc2)CC1. The number of benzene rings is 2. The van der Waals surface area contributed by atoms with Crippen LogP contribution in [0, 0.1) is 0 Å². The molecule has 1 fully saturated rings. The summed E-state index contributed by atoms with van der Waals surface area (Å²) in [6.07, 6.45) is -3.05.